The van der Waals surface area contributed by atoms with E-state index in [0.717, 1.165) is 29.8 Å². The highest BCUT2D eigenvalue weighted by molar-refractivity contribution is 5.92. The zero-order valence-electron chi connectivity index (χ0n) is 15.6. The first kappa shape index (κ1) is 18.2. The summed E-state index contributed by atoms with van der Waals surface area (Å²) >= 11 is 0. The lowest BCUT2D eigenvalue weighted by Gasteiger charge is -2.13. The first-order chi connectivity index (χ1) is 12.5. The Balaban J connectivity index is 1.48. The monoisotopic (exact) mass is 354 g/mol. The molecule has 2 aromatic rings. The van der Waals surface area contributed by atoms with Gasteiger partial charge >= 0.3 is 5.97 Å². The van der Waals surface area contributed by atoms with E-state index in [0.29, 0.717) is 18.2 Å². The molecule has 0 bridgehead atoms. The van der Waals surface area contributed by atoms with Gasteiger partial charge < -0.3 is 14.6 Å². The Morgan fingerprint density at radius 1 is 1.23 bits per heavy atom. The van der Waals surface area contributed by atoms with Crippen LogP contribution in [0, 0.1) is 13.8 Å². The molecule has 1 aromatic heterocycles. The summed E-state index contributed by atoms with van der Waals surface area (Å²) in [5, 5.41) is 2.83. The molecule has 0 unspecified atom stereocenters. The van der Waals surface area contributed by atoms with Crippen LogP contribution >= 0.6 is 0 Å². The second-order valence-corrected chi connectivity index (χ2v) is 7.08. The van der Waals surface area contributed by atoms with Crippen molar-refractivity contribution in [3.8, 4) is 0 Å². The Morgan fingerprint density at radius 2 is 1.92 bits per heavy atom. The Bertz CT molecular complexity index is 791. The first-order valence-corrected chi connectivity index (χ1v) is 9.14. The van der Waals surface area contributed by atoms with Crippen LogP contribution in [0.5, 0.6) is 0 Å². The van der Waals surface area contributed by atoms with Crippen molar-refractivity contribution in [2.45, 2.75) is 45.6 Å². The molecule has 1 atom stereocenters. The number of aryl methyl sites for hydroxylation is 1. The average Bonchev–Trinajstić information content (AvgIpc) is 3.43. The molecule has 0 radical (unpaired) electrons. The van der Waals surface area contributed by atoms with Crippen LogP contribution in [0.1, 0.15) is 59.0 Å². The van der Waals surface area contributed by atoms with Gasteiger partial charge in [0.1, 0.15) is 0 Å². The topological polar surface area (TPSA) is 60.3 Å². The summed E-state index contributed by atoms with van der Waals surface area (Å²) in [6, 6.07) is 12.4. The number of ether oxygens (including phenoxy) is 1. The highest BCUT2D eigenvalue weighted by Crippen LogP contribution is 2.38. The zero-order chi connectivity index (χ0) is 18.7. The van der Waals surface area contributed by atoms with Gasteiger partial charge in [-0.25, -0.2) is 4.79 Å². The minimum atomic E-state index is -0.434. The van der Waals surface area contributed by atoms with Crippen LogP contribution in [0.4, 0.5) is 0 Å². The second kappa shape index (κ2) is 7.77. The van der Waals surface area contributed by atoms with Crippen LogP contribution in [0.15, 0.2) is 36.4 Å². The van der Waals surface area contributed by atoms with Crippen LogP contribution in [0.3, 0.4) is 0 Å². The SMILES string of the molecule is Cc1cc(C(=O)OCC(=O)NC[C@H](C)c2ccccc2)c(C)n1C1CC1. The molecular formula is C21H26N2O3. The summed E-state index contributed by atoms with van der Waals surface area (Å²) in [6.07, 6.45) is 2.32. The molecule has 1 amide bonds. The number of aromatic nitrogens is 1. The van der Waals surface area contributed by atoms with Gasteiger partial charge in [0.25, 0.3) is 5.91 Å². The molecule has 1 fully saturated rings. The maximum Gasteiger partial charge on any atom is 0.340 e. The molecule has 1 aliphatic carbocycles. The number of hydrogen-bond acceptors (Lipinski definition) is 3. The number of hydrogen-bond donors (Lipinski definition) is 1. The van der Waals surface area contributed by atoms with E-state index in [-0.39, 0.29) is 18.4 Å². The Kier molecular flexibility index (Phi) is 5.45. The quantitative estimate of drug-likeness (QED) is 0.774. The fourth-order valence-corrected chi connectivity index (χ4v) is 3.30. The van der Waals surface area contributed by atoms with E-state index < -0.39 is 5.97 Å². The van der Waals surface area contributed by atoms with Crippen LogP contribution in [-0.4, -0.2) is 29.6 Å². The maximum absolute atomic E-state index is 12.3. The summed E-state index contributed by atoms with van der Waals surface area (Å²) in [5.41, 5.74) is 3.71. The van der Waals surface area contributed by atoms with E-state index in [1.54, 1.807) is 0 Å². The molecule has 1 saturated carbocycles. The number of benzene rings is 1. The van der Waals surface area contributed by atoms with E-state index >= 15 is 0 Å². The van der Waals surface area contributed by atoms with Crippen molar-refractivity contribution in [3.63, 3.8) is 0 Å². The third-order valence-electron chi connectivity index (χ3n) is 4.92. The van der Waals surface area contributed by atoms with Crippen molar-refractivity contribution in [3.05, 3.63) is 58.9 Å². The number of rotatable bonds is 7. The molecule has 3 rings (SSSR count). The molecule has 5 heteroatoms. The van der Waals surface area contributed by atoms with Crippen LogP contribution in [-0.2, 0) is 9.53 Å². The molecule has 0 saturated heterocycles. The molecule has 1 aliphatic rings. The van der Waals surface area contributed by atoms with E-state index in [1.807, 2.05) is 57.2 Å². The zero-order valence-corrected chi connectivity index (χ0v) is 15.6. The van der Waals surface area contributed by atoms with Gasteiger partial charge in [0.2, 0.25) is 0 Å². The number of carbonyl (C=O) groups is 2. The van der Waals surface area contributed by atoms with E-state index in [9.17, 15) is 9.59 Å². The minimum absolute atomic E-state index is 0.202. The fraction of sp³-hybridized carbons (Fsp3) is 0.429. The molecule has 1 heterocycles. The molecular weight excluding hydrogens is 328 g/mol. The average molecular weight is 354 g/mol. The highest BCUT2D eigenvalue weighted by Gasteiger charge is 2.28. The van der Waals surface area contributed by atoms with Crippen molar-refractivity contribution >= 4 is 11.9 Å². The van der Waals surface area contributed by atoms with Crippen molar-refractivity contribution in [1.29, 1.82) is 0 Å². The second-order valence-electron chi connectivity index (χ2n) is 7.08. The summed E-state index contributed by atoms with van der Waals surface area (Å²) < 4.78 is 7.41. The Hall–Kier alpha value is -2.56. The molecule has 138 valence electrons. The summed E-state index contributed by atoms with van der Waals surface area (Å²) in [4.78, 5) is 24.3. The molecule has 0 spiro atoms. The number of nitrogens with zero attached hydrogens (tertiary/aromatic N) is 1. The lowest BCUT2D eigenvalue weighted by molar-refractivity contribution is -0.124. The van der Waals surface area contributed by atoms with Crippen molar-refractivity contribution in [2.75, 3.05) is 13.2 Å². The predicted molar refractivity (Wildman–Crippen MR) is 100 cm³/mol. The van der Waals surface area contributed by atoms with Gasteiger partial charge in [0, 0.05) is 24.0 Å². The number of carbonyl (C=O) groups excluding carboxylic acids is 2. The Morgan fingerprint density at radius 3 is 2.58 bits per heavy atom. The summed E-state index contributed by atoms with van der Waals surface area (Å²) in [7, 11) is 0. The Labute approximate surface area is 154 Å². The van der Waals surface area contributed by atoms with E-state index in [4.69, 9.17) is 4.74 Å². The lowest BCUT2D eigenvalue weighted by atomic mass is 10.0. The normalized spacial score (nSPS) is 14.7. The largest absolute Gasteiger partial charge is 0.452 e. The number of amides is 1. The third kappa shape index (κ3) is 4.15. The lowest BCUT2D eigenvalue weighted by Crippen LogP contribution is -2.31. The summed E-state index contributed by atoms with van der Waals surface area (Å²) in [5.74, 6) is -0.512. The van der Waals surface area contributed by atoms with Gasteiger partial charge in [-0.2, -0.15) is 0 Å². The van der Waals surface area contributed by atoms with Gasteiger partial charge in [-0.15, -0.1) is 0 Å². The van der Waals surface area contributed by atoms with Crippen LogP contribution in [0.2, 0.25) is 0 Å². The van der Waals surface area contributed by atoms with E-state index in [2.05, 4.69) is 9.88 Å². The third-order valence-corrected chi connectivity index (χ3v) is 4.92. The molecule has 0 aliphatic heterocycles. The standard InChI is InChI=1S/C21H26N2O3/c1-14(17-7-5-4-6-8-17)12-22-20(24)13-26-21(25)19-11-15(2)23(16(19)3)18-9-10-18/h4-8,11,14,18H,9-10,12-13H2,1-3H3,(H,22,24)/t14-/m0/s1. The molecule has 26 heavy (non-hydrogen) atoms. The van der Waals surface area contributed by atoms with Gasteiger partial charge in [-0.05, 0) is 44.2 Å². The minimum Gasteiger partial charge on any atom is -0.452 e. The van der Waals surface area contributed by atoms with Crippen molar-refractivity contribution in [2.24, 2.45) is 0 Å². The molecule has 1 aromatic carbocycles. The van der Waals surface area contributed by atoms with Gasteiger partial charge in [0.05, 0.1) is 5.56 Å². The van der Waals surface area contributed by atoms with Crippen molar-refractivity contribution in [1.82, 2.24) is 9.88 Å². The number of esters is 1. The van der Waals surface area contributed by atoms with Gasteiger partial charge in [-0.3, -0.25) is 4.79 Å². The van der Waals surface area contributed by atoms with E-state index in [1.165, 1.54) is 0 Å². The fourth-order valence-electron chi connectivity index (χ4n) is 3.30. The predicted octanol–water partition coefficient (Wildman–Crippen LogP) is 3.52. The molecule has 1 N–H and O–H groups in total. The summed E-state index contributed by atoms with van der Waals surface area (Å²) in [6.45, 7) is 6.24. The number of nitrogens with one attached hydrogen (secondary N) is 1. The highest BCUT2D eigenvalue weighted by atomic mass is 16.5. The van der Waals surface area contributed by atoms with Gasteiger partial charge in [-0.1, -0.05) is 37.3 Å². The molecule has 5 nitrogen and oxygen atoms in total. The van der Waals surface area contributed by atoms with Crippen LogP contribution in [0.25, 0.3) is 0 Å². The smallest absolute Gasteiger partial charge is 0.340 e. The maximum atomic E-state index is 12.3. The first-order valence-electron chi connectivity index (χ1n) is 9.14. The van der Waals surface area contributed by atoms with Crippen LogP contribution < -0.4 is 5.32 Å². The van der Waals surface area contributed by atoms with Crippen molar-refractivity contribution < 1.29 is 14.3 Å². The van der Waals surface area contributed by atoms with Gasteiger partial charge in [0.15, 0.2) is 6.61 Å².